The largest absolute Gasteiger partial charge is 0.497 e. The summed E-state index contributed by atoms with van der Waals surface area (Å²) in [4.78, 5) is 23.0. The van der Waals surface area contributed by atoms with Crippen LogP contribution >= 0.6 is 0 Å². The van der Waals surface area contributed by atoms with Crippen LogP contribution in [0.25, 0.3) is 0 Å². The van der Waals surface area contributed by atoms with Crippen LogP contribution in [0.2, 0.25) is 0 Å². The molecule has 1 amide bonds. The van der Waals surface area contributed by atoms with Gasteiger partial charge in [0.15, 0.2) is 6.10 Å². The summed E-state index contributed by atoms with van der Waals surface area (Å²) in [5.74, 6) is 0.772. The second-order valence-corrected chi connectivity index (χ2v) is 5.39. The SMILES string of the molecule is CCC(Oc1cccc(OC)c1)C(=O)Nc1cccc([N+](=O)[O-])c1C. The molecule has 0 saturated heterocycles. The quantitative estimate of drug-likeness (QED) is 0.611. The van der Waals surface area contributed by atoms with Crippen molar-refractivity contribution in [2.45, 2.75) is 26.4 Å². The molecule has 0 radical (unpaired) electrons. The van der Waals surface area contributed by atoms with E-state index in [4.69, 9.17) is 9.47 Å². The van der Waals surface area contributed by atoms with Crippen molar-refractivity contribution < 1.29 is 19.2 Å². The molecule has 1 N–H and O–H groups in total. The van der Waals surface area contributed by atoms with Crippen molar-refractivity contribution in [1.29, 1.82) is 0 Å². The van der Waals surface area contributed by atoms with E-state index in [-0.39, 0.29) is 11.6 Å². The Labute approximate surface area is 145 Å². The summed E-state index contributed by atoms with van der Waals surface area (Å²) in [6.45, 7) is 3.42. The summed E-state index contributed by atoms with van der Waals surface area (Å²) in [5, 5.41) is 13.7. The van der Waals surface area contributed by atoms with Gasteiger partial charge in [0.2, 0.25) is 0 Å². The van der Waals surface area contributed by atoms with Gasteiger partial charge in [-0.15, -0.1) is 0 Å². The van der Waals surface area contributed by atoms with Gasteiger partial charge in [-0.1, -0.05) is 19.1 Å². The third-order valence-corrected chi connectivity index (χ3v) is 3.74. The molecule has 2 aromatic rings. The molecule has 0 aliphatic heterocycles. The number of nitrogens with one attached hydrogen (secondary N) is 1. The van der Waals surface area contributed by atoms with Gasteiger partial charge in [-0.3, -0.25) is 14.9 Å². The van der Waals surface area contributed by atoms with Crippen LogP contribution in [0.1, 0.15) is 18.9 Å². The monoisotopic (exact) mass is 344 g/mol. The number of carbonyl (C=O) groups is 1. The number of anilines is 1. The van der Waals surface area contributed by atoms with Gasteiger partial charge in [0.05, 0.1) is 23.3 Å². The first-order valence-electron chi connectivity index (χ1n) is 7.81. The highest BCUT2D eigenvalue weighted by atomic mass is 16.6. The fourth-order valence-corrected chi connectivity index (χ4v) is 2.33. The number of nitro benzene ring substituents is 1. The lowest BCUT2D eigenvalue weighted by Gasteiger charge is -2.18. The summed E-state index contributed by atoms with van der Waals surface area (Å²) in [5.41, 5.74) is 0.753. The van der Waals surface area contributed by atoms with E-state index < -0.39 is 11.0 Å². The molecule has 25 heavy (non-hydrogen) atoms. The fourth-order valence-electron chi connectivity index (χ4n) is 2.33. The first kappa shape index (κ1) is 18.3. The molecule has 0 spiro atoms. The second-order valence-electron chi connectivity index (χ2n) is 5.39. The topological polar surface area (TPSA) is 90.7 Å². The Morgan fingerprint density at radius 3 is 2.56 bits per heavy atom. The van der Waals surface area contributed by atoms with E-state index in [0.717, 1.165) is 0 Å². The van der Waals surface area contributed by atoms with Crippen LogP contribution in [0, 0.1) is 17.0 Å². The van der Waals surface area contributed by atoms with Crippen LogP contribution in [0.15, 0.2) is 42.5 Å². The van der Waals surface area contributed by atoms with Crippen molar-refractivity contribution in [2.24, 2.45) is 0 Å². The van der Waals surface area contributed by atoms with Crippen molar-refractivity contribution in [1.82, 2.24) is 0 Å². The summed E-state index contributed by atoms with van der Waals surface area (Å²) < 4.78 is 10.9. The molecule has 7 heteroatoms. The molecule has 0 fully saturated rings. The van der Waals surface area contributed by atoms with E-state index in [1.807, 2.05) is 6.92 Å². The normalized spacial score (nSPS) is 11.5. The zero-order valence-electron chi connectivity index (χ0n) is 14.3. The number of amides is 1. The minimum absolute atomic E-state index is 0.0421. The minimum Gasteiger partial charge on any atom is -0.497 e. The van der Waals surface area contributed by atoms with Gasteiger partial charge in [0, 0.05) is 12.1 Å². The molecule has 2 aromatic carbocycles. The van der Waals surface area contributed by atoms with Crippen LogP contribution in [0.5, 0.6) is 11.5 Å². The number of ether oxygens (including phenoxy) is 2. The van der Waals surface area contributed by atoms with Crippen LogP contribution in [-0.4, -0.2) is 24.0 Å². The Morgan fingerprint density at radius 2 is 1.92 bits per heavy atom. The highest BCUT2D eigenvalue weighted by Crippen LogP contribution is 2.26. The van der Waals surface area contributed by atoms with Crippen molar-refractivity contribution in [3.05, 3.63) is 58.1 Å². The molecular formula is C18H20N2O5. The molecule has 1 atom stereocenters. The highest BCUT2D eigenvalue weighted by molar-refractivity contribution is 5.95. The van der Waals surface area contributed by atoms with Gasteiger partial charge in [0.1, 0.15) is 11.5 Å². The van der Waals surface area contributed by atoms with E-state index in [1.54, 1.807) is 44.4 Å². The van der Waals surface area contributed by atoms with Gasteiger partial charge in [-0.05, 0) is 31.5 Å². The Kier molecular flexibility index (Phi) is 5.94. The lowest BCUT2D eigenvalue weighted by Crippen LogP contribution is -2.32. The van der Waals surface area contributed by atoms with E-state index >= 15 is 0 Å². The molecule has 2 rings (SSSR count). The van der Waals surface area contributed by atoms with Gasteiger partial charge >= 0.3 is 0 Å². The Hall–Kier alpha value is -3.09. The van der Waals surface area contributed by atoms with Crippen LogP contribution < -0.4 is 14.8 Å². The van der Waals surface area contributed by atoms with Crippen LogP contribution in [0.4, 0.5) is 11.4 Å². The van der Waals surface area contributed by atoms with Crippen molar-refractivity contribution in [2.75, 3.05) is 12.4 Å². The van der Waals surface area contributed by atoms with Crippen LogP contribution in [-0.2, 0) is 4.79 Å². The summed E-state index contributed by atoms with van der Waals surface area (Å²) in [6, 6.07) is 11.5. The maximum Gasteiger partial charge on any atom is 0.274 e. The summed E-state index contributed by atoms with van der Waals surface area (Å²) in [6.07, 6.45) is -0.289. The lowest BCUT2D eigenvalue weighted by atomic mass is 10.1. The fraction of sp³-hybridized carbons (Fsp3) is 0.278. The second kappa shape index (κ2) is 8.14. The van der Waals surface area contributed by atoms with Crippen molar-refractivity contribution in [3.63, 3.8) is 0 Å². The molecule has 0 aromatic heterocycles. The predicted octanol–water partition coefficient (Wildman–Crippen LogP) is 3.71. The average Bonchev–Trinajstić information content (AvgIpc) is 2.61. The first-order valence-corrected chi connectivity index (χ1v) is 7.81. The van der Waals surface area contributed by atoms with Gasteiger partial charge in [-0.2, -0.15) is 0 Å². The molecule has 0 aliphatic carbocycles. The number of carbonyl (C=O) groups excluding carboxylic acids is 1. The zero-order valence-corrected chi connectivity index (χ0v) is 14.3. The summed E-state index contributed by atoms with van der Waals surface area (Å²) in [7, 11) is 1.55. The number of methoxy groups -OCH3 is 1. The average molecular weight is 344 g/mol. The number of nitro groups is 1. The number of hydrogen-bond donors (Lipinski definition) is 1. The maximum atomic E-state index is 12.5. The minimum atomic E-state index is -0.731. The predicted molar refractivity (Wildman–Crippen MR) is 94.2 cm³/mol. The van der Waals surface area contributed by atoms with Gasteiger partial charge in [0.25, 0.3) is 11.6 Å². The van der Waals surface area contributed by atoms with Gasteiger partial charge in [-0.25, -0.2) is 0 Å². The highest BCUT2D eigenvalue weighted by Gasteiger charge is 2.21. The maximum absolute atomic E-state index is 12.5. The van der Waals surface area contributed by atoms with Crippen LogP contribution in [0.3, 0.4) is 0 Å². The Morgan fingerprint density at radius 1 is 1.24 bits per heavy atom. The number of benzene rings is 2. The smallest absolute Gasteiger partial charge is 0.274 e. The molecule has 0 aliphatic rings. The molecular weight excluding hydrogens is 324 g/mol. The molecule has 132 valence electrons. The van der Waals surface area contributed by atoms with Gasteiger partial charge < -0.3 is 14.8 Å². The standard InChI is InChI=1S/C18H20N2O5/c1-4-17(25-14-8-5-7-13(11-14)24-3)18(21)19-15-9-6-10-16(12(15)2)20(22)23/h5-11,17H,4H2,1-3H3,(H,19,21). The molecule has 1 unspecified atom stereocenters. The zero-order chi connectivity index (χ0) is 18.4. The van der Waals surface area contributed by atoms with E-state index in [0.29, 0.717) is 29.2 Å². The van der Waals surface area contributed by atoms with E-state index in [9.17, 15) is 14.9 Å². The molecule has 0 saturated carbocycles. The summed E-state index contributed by atoms with van der Waals surface area (Å²) >= 11 is 0. The van der Waals surface area contributed by atoms with E-state index in [2.05, 4.69) is 5.32 Å². The van der Waals surface area contributed by atoms with Crippen molar-refractivity contribution in [3.8, 4) is 11.5 Å². The Bertz CT molecular complexity index is 776. The Balaban J connectivity index is 2.15. The van der Waals surface area contributed by atoms with Crippen molar-refractivity contribution >= 4 is 17.3 Å². The number of rotatable bonds is 7. The third-order valence-electron chi connectivity index (χ3n) is 3.74. The molecule has 0 heterocycles. The van der Waals surface area contributed by atoms with E-state index in [1.165, 1.54) is 12.1 Å². The third kappa shape index (κ3) is 4.47. The molecule has 0 bridgehead atoms. The lowest BCUT2D eigenvalue weighted by molar-refractivity contribution is -0.385. The molecule has 7 nitrogen and oxygen atoms in total. The number of nitrogens with zero attached hydrogens (tertiary/aromatic N) is 1. The first-order chi connectivity index (χ1) is 12.0. The number of hydrogen-bond acceptors (Lipinski definition) is 5.